The summed E-state index contributed by atoms with van der Waals surface area (Å²) in [6, 6.07) is 0. The van der Waals surface area contributed by atoms with Gasteiger partial charge in [0.15, 0.2) is 6.29 Å². The Morgan fingerprint density at radius 1 is 1.33 bits per heavy atom. The number of carbonyl (C=O) groups excluding carboxylic acids is 1. The predicted octanol–water partition coefficient (Wildman–Crippen LogP) is -7.05. The first kappa shape index (κ1) is 18.9. The maximum atomic E-state index is 10.4. The first-order valence-corrected chi connectivity index (χ1v) is 5.05. The molecule has 0 aromatic heterocycles. The summed E-state index contributed by atoms with van der Waals surface area (Å²) in [6.45, 7) is 0.557. The van der Waals surface area contributed by atoms with Crippen molar-refractivity contribution < 1.29 is 91.2 Å². The first-order valence-electron chi connectivity index (χ1n) is 5.05. The Bertz CT molecular complexity index is 273. The van der Waals surface area contributed by atoms with E-state index in [0.29, 0.717) is 0 Å². The number of ether oxygens (including phenoxy) is 2. The Morgan fingerprint density at radius 3 is 2.33 bits per heavy atom. The molecule has 1 heterocycles. The number of carboxylic acids is 1. The molecule has 1 aliphatic heterocycles. The Kier molecular flexibility index (Phi) is 8.62. The maximum absolute atomic E-state index is 10.4. The molecule has 3 unspecified atom stereocenters. The molecule has 1 rings (SSSR count). The zero-order valence-corrected chi connectivity index (χ0v) is 13.2. The maximum Gasteiger partial charge on any atom is 1.00 e. The largest absolute Gasteiger partial charge is 1.00 e. The van der Waals surface area contributed by atoms with Crippen LogP contribution < -0.4 is 56.5 Å². The van der Waals surface area contributed by atoms with Crippen molar-refractivity contribution >= 4 is 5.97 Å². The van der Waals surface area contributed by atoms with Gasteiger partial charge in [0.2, 0.25) is 0 Å². The zero-order valence-electron chi connectivity index (χ0n) is 10.1. The average molecular weight is 290 g/mol. The molecule has 4 N–H and O–H groups in total. The Hall–Kier alpha value is 0.866. The molecule has 0 bridgehead atoms. The molecule has 1 fully saturated rings. The van der Waals surface area contributed by atoms with Crippen molar-refractivity contribution in [3.05, 3.63) is 0 Å². The fourth-order valence-electron chi connectivity index (χ4n) is 1.44. The Balaban J connectivity index is 0.00000289. The van der Waals surface area contributed by atoms with Gasteiger partial charge in [0.25, 0.3) is 0 Å². The number of hydrogen-bond donors (Lipinski definition) is 4. The molecule has 0 amide bonds. The third-order valence-electron chi connectivity index (χ3n) is 2.52. The molecule has 1 saturated heterocycles. The number of aliphatic carboxylic acids is 1. The normalized spacial score (nSPS) is 37.7. The van der Waals surface area contributed by atoms with E-state index in [2.05, 4.69) is 0 Å². The average Bonchev–Trinajstić information content (AvgIpc) is 2.29. The smallest absolute Gasteiger partial charge is 0.547 e. The molecule has 8 nitrogen and oxygen atoms in total. The van der Waals surface area contributed by atoms with Crippen molar-refractivity contribution in [2.45, 2.75) is 43.7 Å². The van der Waals surface area contributed by atoms with Crippen LogP contribution in [0, 0.1) is 0 Å². The van der Waals surface area contributed by atoms with E-state index in [0.717, 1.165) is 6.92 Å². The van der Waals surface area contributed by atoms with Gasteiger partial charge in [0.05, 0.1) is 18.7 Å². The van der Waals surface area contributed by atoms with E-state index in [1.54, 1.807) is 0 Å². The second-order valence-electron chi connectivity index (χ2n) is 3.79. The van der Waals surface area contributed by atoms with E-state index in [9.17, 15) is 25.2 Å². The number of hydrogen-bond acceptors (Lipinski definition) is 8. The van der Waals surface area contributed by atoms with Gasteiger partial charge in [0, 0.05) is 0 Å². The topological polar surface area (TPSA) is 140 Å². The van der Waals surface area contributed by atoms with E-state index < -0.39 is 49.4 Å². The van der Waals surface area contributed by atoms with Gasteiger partial charge in [-0.05, 0) is 6.92 Å². The van der Waals surface area contributed by atoms with Crippen molar-refractivity contribution in [1.82, 2.24) is 0 Å². The van der Waals surface area contributed by atoms with Gasteiger partial charge in [-0.1, -0.05) is 0 Å². The predicted molar refractivity (Wildman–Crippen MR) is 49.3 cm³/mol. The van der Waals surface area contributed by atoms with Gasteiger partial charge in [-0.25, -0.2) is 0 Å². The summed E-state index contributed by atoms with van der Waals surface area (Å²) in [5.41, 5.74) is 0. The van der Waals surface area contributed by atoms with Gasteiger partial charge >= 0.3 is 51.4 Å². The third kappa shape index (κ3) is 4.46. The molecular weight excluding hydrogens is 275 g/mol. The molecular formula is C9H15KO8. The summed E-state index contributed by atoms with van der Waals surface area (Å²) in [6.07, 6.45) is -8.68. The molecule has 0 aliphatic carbocycles. The van der Waals surface area contributed by atoms with Crippen molar-refractivity contribution in [2.75, 3.05) is 6.61 Å². The molecule has 100 valence electrons. The molecule has 0 aromatic rings. The summed E-state index contributed by atoms with van der Waals surface area (Å²) in [5.74, 6) is -1.51. The van der Waals surface area contributed by atoms with Crippen LogP contribution in [0.15, 0.2) is 0 Å². The number of rotatable bonds is 4. The van der Waals surface area contributed by atoms with Crippen molar-refractivity contribution in [3.63, 3.8) is 0 Å². The summed E-state index contributed by atoms with van der Waals surface area (Å²) in [5, 5.41) is 47.6. The second kappa shape index (κ2) is 8.22. The minimum Gasteiger partial charge on any atom is -0.547 e. The third-order valence-corrected chi connectivity index (χ3v) is 2.52. The molecule has 6 atom stereocenters. The van der Waals surface area contributed by atoms with Gasteiger partial charge in [0.1, 0.15) is 24.4 Å². The molecule has 0 spiro atoms. The van der Waals surface area contributed by atoms with Gasteiger partial charge < -0.3 is 39.8 Å². The quantitative estimate of drug-likeness (QED) is 0.374. The van der Waals surface area contributed by atoms with Crippen LogP contribution in [0.5, 0.6) is 0 Å². The Morgan fingerprint density at radius 2 is 1.89 bits per heavy atom. The summed E-state index contributed by atoms with van der Waals surface area (Å²) >= 11 is 0. The van der Waals surface area contributed by atoms with E-state index >= 15 is 0 Å². The second-order valence-corrected chi connectivity index (χ2v) is 3.79. The standard InChI is InChI=1S/C9H16O8.K/c1-3(8(14)15)16-9-7(13)6(12)5(11)4(2-10)17-9;/h3-7,9-13H,2H2,1H3,(H,14,15);/q;+1/p-1/t3-,4?,5+,6-,7?,9?;/m0./s1. The van der Waals surface area contributed by atoms with E-state index in [4.69, 9.17) is 14.6 Å². The van der Waals surface area contributed by atoms with Gasteiger partial charge in [-0.15, -0.1) is 0 Å². The Labute approximate surface area is 146 Å². The van der Waals surface area contributed by atoms with Crippen LogP contribution in [0.25, 0.3) is 0 Å². The van der Waals surface area contributed by atoms with Crippen molar-refractivity contribution in [1.29, 1.82) is 0 Å². The first-order chi connectivity index (χ1) is 7.88. The van der Waals surface area contributed by atoms with Crippen LogP contribution in [0.4, 0.5) is 0 Å². The molecule has 1 aliphatic rings. The van der Waals surface area contributed by atoms with E-state index in [1.165, 1.54) is 0 Å². The van der Waals surface area contributed by atoms with E-state index in [-0.39, 0.29) is 51.4 Å². The van der Waals surface area contributed by atoms with Crippen LogP contribution in [-0.2, 0) is 14.3 Å². The summed E-state index contributed by atoms with van der Waals surface area (Å²) in [7, 11) is 0. The zero-order chi connectivity index (χ0) is 13.2. The molecule has 0 aromatic carbocycles. The fraction of sp³-hybridized carbons (Fsp3) is 0.889. The number of aliphatic hydroxyl groups is 4. The molecule has 0 radical (unpaired) electrons. The number of aliphatic hydroxyl groups excluding tert-OH is 4. The van der Waals surface area contributed by atoms with Crippen molar-refractivity contribution in [3.8, 4) is 0 Å². The van der Waals surface area contributed by atoms with Crippen LogP contribution in [0.2, 0.25) is 0 Å². The number of carbonyl (C=O) groups is 1. The summed E-state index contributed by atoms with van der Waals surface area (Å²) in [4.78, 5) is 10.4. The minimum absolute atomic E-state index is 0. The molecule has 9 heteroatoms. The molecule has 18 heavy (non-hydrogen) atoms. The fourth-order valence-corrected chi connectivity index (χ4v) is 1.44. The van der Waals surface area contributed by atoms with Crippen LogP contribution in [-0.4, -0.2) is 69.8 Å². The summed E-state index contributed by atoms with van der Waals surface area (Å²) < 4.78 is 9.73. The SMILES string of the molecule is C[C@H](OC1OC(CO)[C@@H](O)[C@H](O)C1O)C(=O)[O-].[K+]. The molecule has 0 saturated carbocycles. The van der Waals surface area contributed by atoms with Crippen LogP contribution >= 0.6 is 0 Å². The van der Waals surface area contributed by atoms with E-state index in [1.807, 2.05) is 0 Å². The van der Waals surface area contributed by atoms with Crippen LogP contribution in [0.1, 0.15) is 6.92 Å². The number of carboxylic acid groups (broad SMARTS) is 1. The monoisotopic (exact) mass is 290 g/mol. The van der Waals surface area contributed by atoms with Crippen molar-refractivity contribution in [2.24, 2.45) is 0 Å². The minimum atomic E-state index is -1.62. The van der Waals surface area contributed by atoms with Crippen LogP contribution in [0.3, 0.4) is 0 Å². The van der Waals surface area contributed by atoms with Gasteiger partial charge in [-0.2, -0.15) is 0 Å². The van der Waals surface area contributed by atoms with Gasteiger partial charge in [-0.3, -0.25) is 0 Å².